The summed E-state index contributed by atoms with van der Waals surface area (Å²) in [5.74, 6) is 0.142. The molecule has 0 aliphatic rings. The molecule has 2 heterocycles. The van der Waals surface area contributed by atoms with Crippen molar-refractivity contribution < 1.29 is 4.79 Å². The van der Waals surface area contributed by atoms with Gasteiger partial charge in [-0.15, -0.1) is 0 Å². The number of nitrogens with one attached hydrogen (secondary N) is 2. The van der Waals surface area contributed by atoms with Crippen molar-refractivity contribution in [3.63, 3.8) is 0 Å². The number of H-pyrrole nitrogens is 1. The number of hydrogen-bond donors (Lipinski definition) is 2. The highest BCUT2D eigenvalue weighted by Crippen LogP contribution is 2.21. The van der Waals surface area contributed by atoms with Crippen LogP contribution < -0.4 is 5.32 Å². The number of amides is 1. The summed E-state index contributed by atoms with van der Waals surface area (Å²) in [5.41, 5.74) is 1.47. The topological polar surface area (TPSA) is 70.7 Å². The molecule has 0 saturated heterocycles. The van der Waals surface area contributed by atoms with Crippen molar-refractivity contribution >= 4 is 54.5 Å². The number of aromatic nitrogens is 3. The Labute approximate surface area is 131 Å². The summed E-state index contributed by atoms with van der Waals surface area (Å²) < 4.78 is 1.07. The molecule has 1 aromatic carbocycles. The zero-order chi connectivity index (χ0) is 14.1. The minimum atomic E-state index is -0.237. The van der Waals surface area contributed by atoms with Crippen LogP contribution in [0.25, 0.3) is 10.9 Å². The van der Waals surface area contributed by atoms with Crippen molar-refractivity contribution in [1.29, 1.82) is 0 Å². The van der Waals surface area contributed by atoms with Crippen LogP contribution in [0.4, 0.5) is 5.82 Å². The fourth-order valence-electron chi connectivity index (χ4n) is 1.80. The molecule has 1 amide bonds. The smallest absolute Gasteiger partial charge is 0.256 e. The summed E-state index contributed by atoms with van der Waals surface area (Å²) in [6.07, 6.45) is 3.36. The van der Waals surface area contributed by atoms with E-state index in [0.717, 1.165) is 10.9 Å². The van der Waals surface area contributed by atoms with Gasteiger partial charge in [-0.05, 0) is 55.4 Å². The summed E-state index contributed by atoms with van der Waals surface area (Å²) >= 11 is 6.47. The Morgan fingerprint density at radius 3 is 2.90 bits per heavy atom. The molecule has 3 aromatic rings. The van der Waals surface area contributed by atoms with Crippen molar-refractivity contribution in [2.24, 2.45) is 0 Å². The second kappa shape index (κ2) is 5.34. The fraction of sp³-hybridized carbons (Fsp3) is 0. The maximum Gasteiger partial charge on any atom is 0.256 e. The van der Waals surface area contributed by atoms with Crippen LogP contribution in [0.2, 0.25) is 0 Å². The third kappa shape index (κ3) is 2.59. The molecule has 0 saturated carbocycles. The molecule has 7 heteroatoms. The van der Waals surface area contributed by atoms with E-state index < -0.39 is 0 Å². The molecular formula is C13H8Br2N4O. The summed E-state index contributed by atoms with van der Waals surface area (Å²) in [4.78, 5) is 23.5. The number of hydrogen-bond acceptors (Lipinski definition) is 3. The number of carbonyl (C=O) groups excluding carboxylic acids is 1. The number of fused-ring (bicyclic) bond motifs is 1. The lowest BCUT2D eigenvalue weighted by atomic mass is 10.1. The van der Waals surface area contributed by atoms with E-state index in [2.05, 4.69) is 52.1 Å². The van der Waals surface area contributed by atoms with Gasteiger partial charge in [0.25, 0.3) is 5.91 Å². The van der Waals surface area contributed by atoms with Gasteiger partial charge in [0, 0.05) is 17.3 Å². The van der Waals surface area contributed by atoms with Gasteiger partial charge in [0.1, 0.15) is 9.21 Å². The van der Waals surface area contributed by atoms with Gasteiger partial charge >= 0.3 is 0 Å². The first-order valence-corrected chi connectivity index (χ1v) is 7.28. The van der Waals surface area contributed by atoms with Crippen molar-refractivity contribution in [1.82, 2.24) is 15.0 Å². The monoisotopic (exact) mass is 394 g/mol. The molecular weight excluding hydrogens is 388 g/mol. The van der Waals surface area contributed by atoms with Crippen LogP contribution in [0, 0.1) is 0 Å². The average molecular weight is 396 g/mol. The molecule has 3 rings (SSSR count). The maximum absolute atomic E-state index is 12.2. The lowest BCUT2D eigenvalue weighted by Gasteiger charge is -2.06. The largest absolute Gasteiger partial charge is 0.361 e. The average Bonchev–Trinajstić information content (AvgIpc) is 2.89. The number of benzene rings is 1. The van der Waals surface area contributed by atoms with E-state index >= 15 is 0 Å². The number of nitrogens with zero attached hydrogens (tertiary/aromatic N) is 2. The van der Waals surface area contributed by atoms with E-state index in [0.29, 0.717) is 20.6 Å². The molecule has 0 aliphatic carbocycles. The summed E-state index contributed by atoms with van der Waals surface area (Å²) in [6, 6.07) is 7.41. The van der Waals surface area contributed by atoms with E-state index in [4.69, 9.17) is 0 Å². The lowest BCUT2D eigenvalue weighted by molar-refractivity contribution is 0.102. The third-order valence-electron chi connectivity index (χ3n) is 2.75. The summed E-state index contributed by atoms with van der Waals surface area (Å²) in [7, 11) is 0. The summed E-state index contributed by atoms with van der Waals surface area (Å²) in [5, 5.41) is 3.78. The molecule has 0 spiro atoms. The zero-order valence-corrected chi connectivity index (χ0v) is 13.2. The number of halogens is 2. The highest BCUT2D eigenvalue weighted by atomic mass is 79.9. The van der Waals surface area contributed by atoms with Gasteiger partial charge in [-0.2, -0.15) is 0 Å². The fourth-order valence-corrected chi connectivity index (χ4v) is 2.71. The van der Waals surface area contributed by atoms with Crippen LogP contribution in [0.3, 0.4) is 0 Å². The summed E-state index contributed by atoms with van der Waals surface area (Å²) in [6.45, 7) is 0. The highest BCUT2D eigenvalue weighted by Gasteiger charge is 2.11. The Bertz CT molecular complexity index is 800. The predicted molar refractivity (Wildman–Crippen MR) is 83.7 cm³/mol. The van der Waals surface area contributed by atoms with Gasteiger partial charge in [-0.25, -0.2) is 9.97 Å². The third-order valence-corrected chi connectivity index (χ3v) is 3.68. The maximum atomic E-state index is 12.2. The van der Waals surface area contributed by atoms with Crippen LogP contribution in [0.5, 0.6) is 0 Å². The van der Waals surface area contributed by atoms with Crippen LogP contribution >= 0.6 is 31.9 Å². The highest BCUT2D eigenvalue weighted by molar-refractivity contribution is 9.11. The Morgan fingerprint density at radius 1 is 1.25 bits per heavy atom. The van der Waals surface area contributed by atoms with E-state index in [1.54, 1.807) is 12.1 Å². The Kier molecular flexibility index (Phi) is 3.54. The van der Waals surface area contributed by atoms with Crippen LogP contribution in [-0.2, 0) is 0 Å². The van der Waals surface area contributed by atoms with E-state index in [-0.39, 0.29) is 5.91 Å². The number of rotatable bonds is 2. The normalized spacial score (nSPS) is 10.7. The molecule has 0 atom stereocenters. The predicted octanol–water partition coefficient (Wildman–Crippen LogP) is 3.74. The van der Waals surface area contributed by atoms with Crippen molar-refractivity contribution in [2.75, 3.05) is 5.32 Å². The first-order chi connectivity index (χ1) is 9.63. The van der Waals surface area contributed by atoms with E-state index in [9.17, 15) is 4.79 Å². The number of carbonyl (C=O) groups is 1. The van der Waals surface area contributed by atoms with Gasteiger partial charge in [0.15, 0.2) is 5.82 Å². The molecule has 20 heavy (non-hydrogen) atoms. The van der Waals surface area contributed by atoms with Gasteiger partial charge in [-0.3, -0.25) is 4.79 Å². The zero-order valence-electron chi connectivity index (χ0n) is 10.0. The molecule has 2 N–H and O–H groups in total. The quantitative estimate of drug-likeness (QED) is 0.694. The van der Waals surface area contributed by atoms with Crippen molar-refractivity contribution in [2.45, 2.75) is 0 Å². The molecule has 100 valence electrons. The Hall–Kier alpha value is -1.73. The first kappa shape index (κ1) is 13.3. The minimum Gasteiger partial charge on any atom is -0.361 e. The molecule has 0 bridgehead atoms. The van der Waals surface area contributed by atoms with E-state index in [1.807, 2.05) is 18.3 Å². The molecule has 5 nitrogen and oxygen atoms in total. The first-order valence-electron chi connectivity index (χ1n) is 5.70. The number of aromatic amines is 1. The van der Waals surface area contributed by atoms with Gasteiger partial charge in [0.2, 0.25) is 0 Å². The van der Waals surface area contributed by atoms with Gasteiger partial charge < -0.3 is 10.3 Å². The van der Waals surface area contributed by atoms with E-state index in [1.165, 1.54) is 6.20 Å². The second-order valence-corrected chi connectivity index (χ2v) is 5.63. The van der Waals surface area contributed by atoms with Gasteiger partial charge in [-0.1, -0.05) is 6.07 Å². The standard InChI is InChI=1S/C13H8Br2N4O/c14-10-6-17-12(11(15)18-10)19-13(20)8-2-1-7-3-4-16-9(7)5-8/h1-6,16H,(H,17,19,20). The second-order valence-electron chi connectivity index (χ2n) is 4.07. The molecule has 0 aliphatic heterocycles. The molecule has 0 fully saturated rings. The van der Waals surface area contributed by atoms with Crippen molar-refractivity contribution in [3.8, 4) is 0 Å². The van der Waals surface area contributed by atoms with Gasteiger partial charge in [0.05, 0.1) is 6.20 Å². The Morgan fingerprint density at radius 2 is 2.10 bits per heavy atom. The lowest BCUT2D eigenvalue weighted by Crippen LogP contribution is -2.13. The number of anilines is 1. The SMILES string of the molecule is O=C(Nc1ncc(Br)nc1Br)c1ccc2cc[nH]c2c1. The molecule has 0 radical (unpaired) electrons. The van der Waals surface area contributed by atoms with Crippen LogP contribution in [0.15, 0.2) is 45.9 Å². The van der Waals surface area contributed by atoms with Crippen molar-refractivity contribution in [3.05, 3.63) is 51.4 Å². The Balaban J connectivity index is 1.88. The molecule has 0 unspecified atom stereocenters. The molecule has 2 aromatic heterocycles. The van der Waals surface area contributed by atoms with Crippen LogP contribution in [0.1, 0.15) is 10.4 Å². The van der Waals surface area contributed by atoms with Crippen LogP contribution in [-0.4, -0.2) is 20.9 Å². The minimum absolute atomic E-state index is 0.237.